The van der Waals surface area contributed by atoms with Gasteiger partial charge in [-0.1, -0.05) is 48.5 Å². The van der Waals surface area contributed by atoms with Crippen molar-refractivity contribution in [1.29, 1.82) is 0 Å². The summed E-state index contributed by atoms with van der Waals surface area (Å²) in [5, 5.41) is 1.18. The molecule has 1 heterocycles. The van der Waals surface area contributed by atoms with Gasteiger partial charge in [0, 0.05) is 17.1 Å². The summed E-state index contributed by atoms with van der Waals surface area (Å²) in [6.45, 7) is 0. The minimum Gasteiger partial charge on any atom is -0.256 e. The highest BCUT2D eigenvalue weighted by Crippen LogP contribution is 2.32. The zero-order chi connectivity index (χ0) is 13.4. The van der Waals surface area contributed by atoms with Crippen molar-refractivity contribution in [2.45, 2.75) is 0 Å². The summed E-state index contributed by atoms with van der Waals surface area (Å²) in [6, 6.07) is 25.4. The first-order valence-corrected chi connectivity index (χ1v) is 6.74. The van der Waals surface area contributed by atoms with Crippen molar-refractivity contribution in [2.75, 3.05) is 0 Å². The third kappa shape index (κ3) is 1.84. The second-order valence-electron chi connectivity index (χ2n) is 4.98. The first kappa shape index (κ1) is 11.2. The van der Waals surface area contributed by atoms with Gasteiger partial charge in [-0.15, -0.1) is 0 Å². The molecule has 2 aliphatic carbocycles. The average molecular weight is 255 g/mol. The summed E-state index contributed by atoms with van der Waals surface area (Å²) in [4.78, 5) is 4.54. The molecule has 94 valence electrons. The molecule has 0 saturated heterocycles. The van der Waals surface area contributed by atoms with Crippen molar-refractivity contribution in [3.8, 4) is 22.3 Å². The first-order chi connectivity index (χ1) is 9.90. The van der Waals surface area contributed by atoms with E-state index in [4.69, 9.17) is 0 Å². The van der Waals surface area contributed by atoms with Gasteiger partial charge in [-0.3, -0.25) is 4.98 Å². The smallest absolute Gasteiger partial charge is 0.0702 e. The summed E-state index contributed by atoms with van der Waals surface area (Å²) < 4.78 is 0. The fraction of sp³-hybridized carbons (Fsp3) is 0. The van der Waals surface area contributed by atoms with E-state index >= 15 is 0 Å². The molecule has 0 fully saturated rings. The van der Waals surface area contributed by atoms with Gasteiger partial charge in [-0.2, -0.15) is 0 Å². The second kappa shape index (κ2) is 4.46. The number of hydrogen-bond acceptors (Lipinski definition) is 1. The van der Waals surface area contributed by atoms with Crippen molar-refractivity contribution in [1.82, 2.24) is 4.98 Å². The molecular formula is C19H13N. The molecule has 0 N–H and O–H groups in total. The molecule has 2 aromatic rings. The molecule has 0 amide bonds. The van der Waals surface area contributed by atoms with Crippen LogP contribution in [0.3, 0.4) is 0 Å². The van der Waals surface area contributed by atoms with Gasteiger partial charge in [-0.05, 0) is 41.0 Å². The minimum atomic E-state index is 1.04. The summed E-state index contributed by atoms with van der Waals surface area (Å²) >= 11 is 0. The number of benzene rings is 1. The molecule has 1 aromatic carbocycles. The van der Waals surface area contributed by atoms with Gasteiger partial charge in [0.2, 0.25) is 0 Å². The lowest BCUT2D eigenvalue weighted by Gasteiger charge is -2.00. The van der Waals surface area contributed by atoms with E-state index in [0.29, 0.717) is 0 Å². The predicted molar refractivity (Wildman–Crippen MR) is 83.8 cm³/mol. The number of pyridine rings is 1. The largest absolute Gasteiger partial charge is 0.256 e. The average Bonchev–Trinajstić information content (AvgIpc) is 2.78. The van der Waals surface area contributed by atoms with Crippen molar-refractivity contribution >= 4 is 10.9 Å². The maximum Gasteiger partial charge on any atom is 0.0702 e. The van der Waals surface area contributed by atoms with Crippen LogP contribution in [0.2, 0.25) is 0 Å². The fourth-order valence-electron chi connectivity index (χ4n) is 2.61. The second-order valence-corrected chi connectivity index (χ2v) is 4.98. The highest BCUT2D eigenvalue weighted by molar-refractivity contribution is 5.86. The molecule has 1 heteroatoms. The van der Waals surface area contributed by atoms with Crippen molar-refractivity contribution in [3.05, 3.63) is 79.0 Å². The topological polar surface area (TPSA) is 12.9 Å². The number of fused-ring (bicyclic) bond motifs is 2. The Balaban J connectivity index is 1.91. The highest BCUT2D eigenvalue weighted by atomic mass is 14.6. The molecule has 0 unspecified atom stereocenters. The minimum absolute atomic E-state index is 1.04. The van der Waals surface area contributed by atoms with Crippen LogP contribution in [0.5, 0.6) is 0 Å². The predicted octanol–water partition coefficient (Wildman–Crippen LogP) is 5.01. The van der Waals surface area contributed by atoms with Crippen LogP contribution in [-0.2, 0) is 0 Å². The number of rotatable bonds is 1. The van der Waals surface area contributed by atoms with Crippen molar-refractivity contribution < 1.29 is 0 Å². The molecule has 1 nitrogen and oxygen atoms in total. The molecule has 0 atom stereocenters. The van der Waals surface area contributed by atoms with Crippen LogP contribution >= 0.6 is 0 Å². The van der Waals surface area contributed by atoms with Crippen LogP contribution in [0.4, 0.5) is 0 Å². The Hall–Kier alpha value is -2.67. The van der Waals surface area contributed by atoms with E-state index in [2.05, 4.69) is 65.6 Å². The fourth-order valence-corrected chi connectivity index (χ4v) is 2.61. The zero-order valence-corrected chi connectivity index (χ0v) is 11.0. The zero-order valence-electron chi connectivity index (χ0n) is 11.0. The van der Waals surface area contributed by atoms with Gasteiger partial charge in [0.25, 0.3) is 0 Å². The number of aromatic nitrogens is 1. The van der Waals surface area contributed by atoms with Crippen LogP contribution in [0, 0.1) is 0 Å². The standard InChI is InChI=1S/C19H13N/c1-2-6-14-10-17(11-15(14)7-3-1)18-12-16-8-4-5-9-19(16)20-13-18/h1-13H. The van der Waals surface area contributed by atoms with Crippen LogP contribution in [0.15, 0.2) is 79.0 Å². The molecule has 20 heavy (non-hydrogen) atoms. The van der Waals surface area contributed by atoms with E-state index in [0.717, 1.165) is 5.52 Å². The third-order valence-corrected chi connectivity index (χ3v) is 3.65. The quantitative estimate of drug-likeness (QED) is 0.466. The number of para-hydroxylation sites is 1. The summed E-state index contributed by atoms with van der Waals surface area (Å²) in [6.07, 6.45) is 1.95. The molecule has 0 spiro atoms. The first-order valence-electron chi connectivity index (χ1n) is 6.74. The van der Waals surface area contributed by atoms with Crippen LogP contribution < -0.4 is 0 Å². The SMILES string of the molecule is c1ccc2cc(-c3cnc4ccccc4c3)cc-2cc1. The van der Waals surface area contributed by atoms with Gasteiger partial charge < -0.3 is 0 Å². The maximum absolute atomic E-state index is 4.54. The summed E-state index contributed by atoms with van der Waals surface area (Å²) in [7, 11) is 0. The van der Waals surface area contributed by atoms with Crippen molar-refractivity contribution in [3.63, 3.8) is 0 Å². The third-order valence-electron chi connectivity index (χ3n) is 3.65. The molecule has 4 rings (SSSR count). The molecule has 0 saturated carbocycles. The van der Waals surface area contributed by atoms with Gasteiger partial charge in [0.1, 0.15) is 0 Å². The maximum atomic E-state index is 4.54. The monoisotopic (exact) mass is 255 g/mol. The Bertz CT molecular complexity index is 833. The van der Waals surface area contributed by atoms with Crippen LogP contribution in [0.1, 0.15) is 0 Å². The normalized spacial score (nSPS) is 11.0. The Kier molecular flexibility index (Phi) is 2.49. The van der Waals surface area contributed by atoms with E-state index in [9.17, 15) is 0 Å². The van der Waals surface area contributed by atoms with E-state index in [1.165, 1.54) is 27.6 Å². The van der Waals surface area contributed by atoms with Crippen LogP contribution in [-0.4, -0.2) is 4.98 Å². The summed E-state index contributed by atoms with van der Waals surface area (Å²) in [5.41, 5.74) is 5.96. The Morgan fingerprint density at radius 3 is 2.05 bits per heavy atom. The summed E-state index contributed by atoms with van der Waals surface area (Å²) in [5.74, 6) is 0. The van der Waals surface area contributed by atoms with Crippen LogP contribution in [0.25, 0.3) is 33.2 Å². The molecule has 0 radical (unpaired) electrons. The lowest BCUT2D eigenvalue weighted by Crippen LogP contribution is -1.80. The Labute approximate surface area is 117 Å². The van der Waals surface area contributed by atoms with E-state index in [-0.39, 0.29) is 0 Å². The van der Waals surface area contributed by atoms with E-state index in [1.807, 2.05) is 18.3 Å². The van der Waals surface area contributed by atoms with Gasteiger partial charge >= 0.3 is 0 Å². The molecule has 0 bridgehead atoms. The Morgan fingerprint density at radius 1 is 0.550 bits per heavy atom. The Morgan fingerprint density at radius 2 is 1.25 bits per heavy atom. The molecule has 0 aliphatic heterocycles. The molecule has 2 aliphatic rings. The van der Waals surface area contributed by atoms with E-state index in [1.54, 1.807) is 0 Å². The highest BCUT2D eigenvalue weighted by Gasteiger charge is 2.07. The van der Waals surface area contributed by atoms with Crippen molar-refractivity contribution in [2.24, 2.45) is 0 Å². The van der Waals surface area contributed by atoms with Gasteiger partial charge in [0.05, 0.1) is 5.52 Å². The van der Waals surface area contributed by atoms with Gasteiger partial charge in [0.15, 0.2) is 0 Å². The molecular weight excluding hydrogens is 242 g/mol. The van der Waals surface area contributed by atoms with E-state index < -0.39 is 0 Å². The number of nitrogens with zero attached hydrogens (tertiary/aromatic N) is 1. The molecule has 1 aromatic heterocycles. The number of hydrogen-bond donors (Lipinski definition) is 0. The lowest BCUT2D eigenvalue weighted by atomic mass is 10.1. The van der Waals surface area contributed by atoms with Gasteiger partial charge in [-0.25, -0.2) is 0 Å². The lowest BCUT2D eigenvalue weighted by molar-refractivity contribution is 1.41.